The van der Waals surface area contributed by atoms with E-state index < -0.39 is 22.2 Å². The minimum absolute atomic E-state index is 0.0683. The zero-order valence-electron chi connectivity index (χ0n) is 10.4. The number of benzene rings is 1. The van der Waals surface area contributed by atoms with E-state index in [1.807, 2.05) is 6.92 Å². The normalized spacial score (nSPS) is 15.3. The van der Waals surface area contributed by atoms with E-state index in [1.165, 1.54) is 13.0 Å². The molecular formula is C11H15Br2NO4S. The minimum Gasteiger partial charge on any atom is -0.393 e. The van der Waals surface area contributed by atoms with Crippen molar-refractivity contribution in [1.29, 1.82) is 0 Å². The topological polar surface area (TPSA) is 86.6 Å². The lowest BCUT2D eigenvalue weighted by atomic mass is 10.1. The van der Waals surface area contributed by atoms with E-state index in [0.717, 1.165) is 5.56 Å². The van der Waals surface area contributed by atoms with Crippen LogP contribution in [0.4, 0.5) is 0 Å². The van der Waals surface area contributed by atoms with Crippen molar-refractivity contribution < 1.29 is 18.6 Å². The molecule has 1 rings (SSSR count). The first-order valence-corrected chi connectivity index (χ1v) is 8.44. The Hall–Kier alpha value is 0.01000. The largest absolute Gasteiger partial charge is 0.393 e. The fourth-order valence-corrected chi connectivity index (χ4v) is 4.06. The highest BCUT2D eigenvalue weighted by Gasteiger charge is 2.25. The summed E-state index contributed by atoms with van der Waals surface area (Å²) in [5, 5.41) is 18.5. The number of nitrogens with one attached hydrogen (secondary N) is 1. The molecule has 0 saturated heterocycles. The van der Waals surface area contributed by atoms with Crippen molar-refractivity contribution in [2.45, 2.75) is 24.3 Å². The summed E-state index contributed by atoms with van der Waals surface area (Å²) < 4.78 is 27.6. The molecule has 0 saturated carbocycles. The standard InChI is InChI=1S/C11H15Br2NO4S/c1-7-3-9(13)10(4-8(7)12)19(17,18)14-5-11(2,16)6-15/h3-4,14-16H,5-6H2,1-2H3. The van der Waals surface area contributed by atoms with E-state index in [4.69, 9.17) is 5.11 Å². The van der Waals surface area contributed by atoms with Gasteiger partial charge in [-0.3, -0.25) is 0 Å². The van der Waals surface area contributed by atoms with Crippen molar-refractivity contribution in [3.8, 4) is 0 Å². The second kappa shape index (κ2) is 6.19. The number of hydrogen-bond donors (Lipinski definition) is 3. The molecule has 0 heterocycles. The van der Waals surface area contributed by atoms with Crippen molar-refractivity contribution in [3.05, 3.63) is 26.6 Å². The molecule has 0 aliphatic carbocycles. The number of halogens is 2. The van der Waals surface area contributed by atoms with E-state index in [-0.39, 0.29) is 11.4 Å². The van der Waals surface area contributed by atoms with E-state index in [9.17, 15) is 13.5 Å². The molecule has 5 nitrogen and oxygen atoms in total. The van der Waals surface area contributed by atoms with Crippen molar-refractivity contribution in [2.75, 3.05) is 13.2 Å². The lowest BCUT2D eigenvalue weighted by molar-refractivity contribution is 0.00681. The summed E-state index contributed by atoms with van der Waals surface area (Å²) in [5.74, 6) is 0. The highest BCUT2D eigenvalue weighted by atomic mass is 79.9. The van der Waals surface area contributed by atoms with Crippen LogP contribution in [-0.2, 0) is 10.0 Å². The Labute approximate surface area is 129 Å². The summed E-state index contributed by atoms with van der Waals surface area (Å²) >= 11 is 6.48. The third kappa shape index (κ3) is 4.51. The van der Waals surface area contributed by atoms with Gasteiger partial charge in [0.05, 0.1) is 17.1 Å². The SMILES string of the molecule is Cc1cc(Br)c(S(=O)(=O)NCC(C)(O)CO)cc1Br. The molecule has 0 aromatic heterocycles. The number of rotatable bonds is 5. The van der Waals surface area contributed by atoms with Gasteiger partial charge in [-0.1, -0.05) is 15.9 Å². The average molecular weight is 417 g/mol. The zero-order chi connectivity index (χ0) is 14.8. The van der Waals surface area contributed by atoms with Gasteiger partial charge in [0.25, 0.3) is 0 Å². The van der Waals surface area contributed by atoms with Crippen LogP contribution in [0.25, 0.3) is 0 Å². The number of sulfonamides is 1. The van der Waals surface area contributed by atoms with Gasteiger partial charge in [-0.25, -0.2) is 13.1 Å². The molecule has 1 aromatic carbocycles. The lowest BCUT2D eigenvalue weighted by Gasteiger charge is -2.21. The first-order valence-electron chi connectivity index (χ1n) is 5.37. The molecular weight excluding hydrogens is 402 g/mol. The summed E-state index contributed by atoms with van der Waals surface area (Å²) in [5.41, 5.74) is -0.602. The van der Waals surface area contributed by atoms with Crippen molar-refractivity contribution in [2.24, 2.45) is 0 Å². The van der Waals surface area contributed by atoms with Gasteiger partial charge in [-0.15, -0.1) is 0 Å². The van der Waals surface area contributed by atoms with E-state index >= 15 is 0 Å². The molecule has 0 spiro atoms. The van der Waals surface area contributed by atoms with Gasteiger partial charge < -0.3 is 10.2 Å². The first kappa shape index (κ1) is 17.1. The maximum absolute atomic E-state index is 12.1. The second-order valence-electron chi connectivity index (χ2n) is 4.51. The van der Waals surface area contributed by atoms with Crippen LogP contribution in [0, 0.1) is 6.92 Å². The number of aliphatic hydroxyl groups is 2. The van der Waals surface area contributed by atoms with Crippen LogP contribution in [0.15, 0.2) is 26.0 Å². The Kier molecular flexibility index (Phi) is 5.56. The van der Waals surface area contributed by atoms with Crippen LogP contribution in [0.2, 0.25) is 0 Å². The molecule has 1 aromatic rings. The summed E-state index contributed by atoms with van der Waals surface area (Å²) in [6, 6.07) is 3.16. The van der Waals surface area contributed by atoms with Crippen molar-refractivity contribution in [3.63, 3.8) is 0 Å². The van der Waals surface area contributed by atoms with Gasteiger partial charge in [0.15, 0.2) is 0 Å². The van der Waals surface area contributed by atoms with Gasteiger partial charge in [-0.2, -0.15) is 0 Å². The predicted molar refractivity (Wildman–Crippen MR) is 79.5 cm³/mol. The van der Waals surface area contributed by atoms with E-state index in [0.29, 0.717) is 8.95 Å². The minimum atomic E-state index is -3.77. The van der Waals surface area contributed by atoms with E-state index in [1.54, 1.807) is 6.07 Å². The summed E-state index contributed by atoms with van der Waals surface area (Å²) in [4.78, 5) is 0.0683. The molecule has 8 heteroatoms. The number of aryl methyl sites for hydroxylation is 1. The number of hydrogen-bond acceptors (Lipinski definition) is 4. The summed E-state index contributed by atoms with van der Waals surface area (Å²) in [7, 11) is -3.77. The first-order chi connectivity index (χ1) is 8.59. The lowest BCUT2D eigenvalue weighted by Crippen LogP contribution is -2.43. The quantitative estimate of drug-likeness (QED) is 0.679. The Bertz CT molecular complexity index is 572. The van der Waals surface area contributed by atoms with Crippen LogP contribution in [-0.4, -0.2) is 37.4 Å². The average Bonchev–Trinajstić information content (AvgIpc) is 2.31. The molecule has 108 valence electrons. The monoisotopic (exact) mass is 415 g/mol. The Morgan fingerprint density at radius 1 is 1.32 bits per heavy atom. The molecule has 0 aliphatic rings. The fourth-order valence-electron chi connectivity index (χ4n) is 1.22. The van der Waals surface area contributed by atoms with Gasteiger partial charge in [0.1, 0.15) is 0 Å². The molecule has 0 amide bonds. The maximum atomic E-state index is 12.1. The molecule has 0 radical (unpaired) electrons. The van der Waals surface area contributed by atoms with Crippen LogP contribution >= 0.6 is 31.9 Å². The molecule has 1 unspecified atom stereocenters. The van der Waals surface area contributed by atoms with Crippen molar-refractivity contribution >= 4 is 41.9 Å². The molecule has 3 N–H and O–H groups in total. The van der Waals surface area contributed by atoms with Crippen LogP contribution in [0.1, 0.15) is 12.5 Å². The maximum Gasteiger partial charge on any atom is 0.241 e. The molecule has 1 atom stereocenters. The molecule has 0 bridgehead atoms. The number of aliphatic hydroxyl groups excluding tert-OH is 1. The van der Waals surface area contributed by atoms with E-state index in [2.05, 4.69) is 36.6 Å². The van der Waals surface area contributed by atoms with Gasteiger partial charge in [-0.05, 0) is 47.5 Å². The highest BCUT2D eigenvalue weighted by Crippen LogP contribution is 2.28. The smallest absolute Gasteiger partial charge is 0.241 e. The molecule has 0 aliphatic heterocycles. The van der Waals surface area contributed by atoms with Crippen molar-refractivity contribution in [1.82, 2.24) is 4.72 Å². The highest BCUT2D eigenvalue weighted by molar-refractivity contribution is 9.11. The third-order valence-corrected chi connectivity index (χ3v) is 5.70. The van der Waals surface area contributed by atoms with Gasteiger partial charge in [0.2, 0.25) is 10.0 Å². The second-order valence-corrected chi connectivity index (χ2v) is 7.96. The Morgan fingerprint density at radius 3 is 2.42 bits per heavy atom. The molecule has 19 heavy (non-hydrogen) atoms. The van der Waals surface area contributed by atoms with Gasteiger partial charge in [0, 0.05) is 15.5 Å². The third-order valence-electron chi connectivity index (χ3n) is 2.49. The van der Waals surface area contributed by atoms with Crippen LogP contribution < -0.4 is 4.72 Å². The Morgan fingerprint density at radius 2 is 1.89 bits per heavy atom. The summed E-state index contributed by atoms with van der Waals surface area (Å²) in [6.07, 6.45) is 0. The predicted octanol–water partition coefficient (Wildman–Crippen LogP) is 1.54. The van der Waals surface area contributed by atoms with Crippen LogP contribution in [0.3, 0.4) is 0 Å². The summed E-state index contributed by atoms with van der Waals surface area (Å²) in [6.45, 7) is 2.38. The molecule has 0 fully saturated rings. The van der Waals surface area contributed by atoms with Crippen LogP contribution in [0.5, 0.6) is 0 Å². The zero-order valence-corrected chi connectivity index (χ0v) is 14.4. The fraction of sp³-hybridized carbons (Fsp3) is 0.455. The Balaban J connectivity index is 3.05. The van der Waals surface area contributed by atoms with Gasteiger partial charge >= 0.3 is 0 Å².